The van der Waals surface area contributed by atoms with Crippen LogP contribution < -0.4 is 10.6 Å². The second-order valence-corrected chi connectivity index (χ2v) is 6.40. The Labute approximate surface area is 160 Å². The van der Waals surface area contributed by atoms with Gasteiger partial charge in [0.05, 0.1) is 0 Å². The number of amides is 2. The molecule has 7 nitrogen and oxygen atoms in total. The summed E-state index contributed by atoms with van der Waals surface area (Å²) in [6, 6.07) is 8.96. The average Bonchev–Trinajstić information content (AvgIpc) is 2.60. The Hall–Kier alpha value is -2.96. The SMILES string of the molecule is CCCN(CCC)C(=O)c1cc(C)nc(Nc2cccc(NC(C)=O)c2)n1. The Morgan fingerprint density at radius 1 is 1.04 bits per heavy atom. The number of carbonyl (C=O) groups excluding carboxylic acids is 2. The lowest BCUT2D eigenvalue weighted by atomic mass is 10.2. The summed E-state index contributed by atoms with van der Waals surface area (Å²) in [4.78, 5) is 34.6. The zero-order chi connectivity index (χ0) is 19.8. The lowest BCUT2D eigenvalue weighted by molar-refractivity contribution is -0.114. The fraction of sp³-hybridized carbons (Fsp3) is 0.400. The Kier molecular flexibility index (Phi) is 7.28. The van der Waals surface area contributed by atoms with E-state index in [-0.39, 0.29) is 11.8 Å². The highest BCUT2D eigenvalue weighted by Crippen LogP contribution is 2.19. The monoisotopic (exact) mass is 369 g/mol. The van der Waals surface area contributed by atoms with Gasteiger partial charge in [-0.2, -0.15) is 0 Å². The lowest BCUT2D eigenvalue weighted by Crippen LogP contribution is -2.33. The summed E-state index contributed by atoms with van der Waals surface area (Å²) in [7, 11) is 0. The van der Waals surface area contributed by atoms with E-state index in [1.165, 1.54) is 6.92 Å². The van der Waals surface area contributed by atoms with Crippen molar-refractivity contribution in [2.45, 2.75) is 40.5 Å². The highest BCUT2D eigenvalue weighted by Gasteiger charge is 2.17. The molecular formula is C20H27N5O2. The molecule has 2 aromatic rings. The summed E-state index contributed by atoms with van der Waals surface area (Å²) in [6.45, 7) is 8.81. The largest absolute Gasteiger partial charge is 0.337 e. The number of aryl methyl sites for hydroxylation is 1. The van der Waals surface area contributed by atoms with Crippen LogP contribution >= 0.6 is 0 Å². The van der Waals surface area contributed by atoms with Crippen LogP contribution in [0.2, 0.25) is 0 Å². The smallest absolute Gasteiger partial charge is 0.272 e. The van der Waals surface area contributed by atoms with E-state index in [1.54, 1.807) is 18.2 Å². The van der Waals surface area contributed by atoms with Gasteiger partial charge >= 0.3 is 0 Å². The summed E-state index contributed by atoms with van der Waals surface area (Å²) in [5.74, 6) is 0.129. The van der Waals surface area contributed by atoms with Crippen LogP contribution in [0.25, 0.3) is 0 Å². The molecule has 0 fully saturated rings. The molecule has 1 aromatic carbocycles. The first kappa shape index (κ1) is 20.4. The van der Waals surface area contributed by atoms with Gasteiger partial charge in [-0.1, -0.05) is 19.9 Å². The van der Waals surface area contributed by atoms with Gasteiger partial charge in [0.2, 0.25) is 11.9 Å². The van der Waals surface area contributed by atoms with Gasteiger partial charge in [0.15, 0.2) is 0 Å². The number of nitrogens with zero attached hydrogens (tertiary/aromatic N) is 3. The van der Waals surface area contributed by atoms with Gasteiger partial charge in [-0.3, -0.25) is 9.59 Å². The number of rotatable bonds is 8. The van der Waals surface area contributed by atoms with Crippen molar-refractivity contribution in [3.8, 4) is 0 Å². The van der Waals surface area contributed by atoms with Crippen molar-refractivity contribution in [2.75, 3.05) is 23.7 Å². The van der Waals surface area contributed by atoms with E-state index in [2.05, 4.69) is 34.4 Å². The number of nitrogens with one attached hydrogen (secondary N) is 2. The molecule has 1 aromatic heterocycles. The van der Waals surface area contributed by atoms with E-state index in [0.717, 1.165) is 18.5 Å². The van der Waals surface area contributed by atoms with Crippen LogP contribution in [0.5, 0.6) is 0 Å². The van der Waals surface area contributed by atoms with Crippen LogP contribution in [0, 0.1) is 6.92 Å². The van der Waals surface area contributed by atoms with Crippen molar-refractivity contribution in [1.29, 1.82) is 0 Å². The molecule has 0 saturated carbocycles. The van der Waals surface area contributed by atoms with Crippen molar-refractivity contribution < 1.29 is 9.59 Å². The number of anilines is 3. The molecule has 0 radical (unpaired) electrons. The maximum atomic E-state index is 12.8. The van der Waals surface area contributed by atoms with Gasteiger partial charge in [0.1, 0.15) is 5.69 Å². The van der Waals surface area contributed by atoms with E-state index < -0.39 is 0 Å². The van der Waals surface area contributed by atoms with Gasteiger partial charge in [0, 0.05) is 37.1 Å². The van der Waals surface area contributed by atoms with Crippen LogP contribution in [0.4, 0.5) is 17.3 Å². The third-order valence-corrected chi connectivity index (χ3v) is 3.79. The Morgan fingerprint density at radius 2 is 1.70 bits per heavy atom. The normalized spacial score (nSPS) is 10.4. The molecular weight excluding hydrogens is 342 g/mol. The number of hydrogen-bond acceptors (Lipinski definition) is 5. The molecule has 0 saturated heterocycles. The molecule has 7 heteroatoms. The first-order valence-electron chi connectivity index (χ1n) is 9.22. The lowest BCUT2D eigenvalue weighted by Gasteiger charge is -2.21. The molecule has 0 aliphatic rings. The number of benzene rings is 1. The molecule has 27 heavy (non-hydrogen) atoms. The minimum absolute atomic E-state index is 0.0840. The zero-order valence-electron chi connectivity index (χ0n) is 16.4. The summed E-state index contributed by atoms with van der Waals surface area (Å²) < 4.78 is 0. The standard InChI is InChI=1S/C20H27N5O2/c1-5-10-25(11-6-2)19(27)18-12-14(3)21-20(24-18)23-17-9-7-8-16(13-17)22-15(4)26/h7-9,12-13H,5-6,10-11H2,1-4H3,(H,22,26)(H,21,23,24). The summed E-state index contributed by atoms with van der Waals surface area (Å²) in [5.41, 5.74) is 2.49. The Balaban J connectivity index is 2.24. The Morgan fingerprint density at radius 3 is 2.33 bits per heavy atom. The number of aromatic nitrogens is 2. The predicted molar refractivity (Wildman–Crippen MR) is 107 cm³/mol. The zero-order valence-corrected chi connectivity index (χ0v) is 16.4. The van der Waals surface area contributed by atoms with E-state index in [4.69, 9.17) is 0 Å². The second kappa shape index (κ2) is 9.66. The highest BCUT2D eigenvalue weighted by molar-refractivity contribution is 5.93. The minimum atomic E-state index is -0.140. The molecule has 0 aliphatic heterocycles. The minimum Gasteiger partial charge on any atom is -0.337 e. The third-order valence-electron chi connectivity index (χ3n) is 3.79. The van der Waals surface area contributed by atoms with Crippen molar-refractivity contribution in [3.05, 3.63) is 41.7 Å². The fourth-order valence-corrected chi connectivity index (χ4v) is 2.76. The van der Waals surface area contributed by atoms with Crippen LogP contribution in [0.3, 0.4) is 0 Å². The molecule has 2 amide bonds. The molecule has 2 rings (SSSR count). The molecule has 0 unspecified atom stereocenters. The highest BCUT2D eigenvalue weighted by atomic mass is 16.2. The van der Waals surface area contributed by atoms with E-state index in [0.29, 0.717) is 36.1 Å². The average molecular weight is 369 g/mol. The van der Waals surface area contributed by atoms with Gasteiger partial charge in [-0.25, -0.2) is 9.97 Å². The maximum absolute atomic E-state index is 12.8. The van der Waals surface area contributed by atoms with Crippen LogP contribution in [0.15, 0.2) is 30.3 Å². The van der Waals surface area contributed by atoms with E-state index in [9.17, 15) is 9.59 Å². The van der Waals surface area contributed by atoms with Gasteiger partial charge < -0.3 is 15.5 Å². The molecule has 0 spiro atoms. The molecule has 0 bridgehead atoms. The van der Waals surface area contributed by atoms with Gasteiger partial charge in [-0.05, 0) is 44.0 Å². The second-order valence-electron chi connectivity index (χ2n) is 6.40. The van der Waals surface area contributed by atoms with Gasteiger partial charge in [0.25, 0.3) is 5.91 Å². The molecule has 2 N–H and O–H groups in total. The summed E-state index contributed by atoms with van der Waals surface area (Å²) >= 11 is 0. The maximum Gasteiger partial charge on any atom is 0.272 e. The quantitative estimate of drug-likeness (QED) is 0.740. The van der Waals surface area contributed by atoms with Crippen LogP contribution in [-0.4, -0.2) is 39.8 Å². The first-order valence-corrected chi connectivity index (χ1v) is 9.22. The van der Waals surface area contributed by atoms with Crippen molar-refractivity contribution in [2.24, 2.45) is 0 Å². The molecule has 144 valence electrons. The molecule has 0 atom stereocenters. The fourth-order valence-electron chi connectivity index (χ4n) is 2.76. The molecule has 1 heterocycles. The summed E-state index contributed by atoms with van der Waals surface area (Å²) in [6.07, 6.45) is 1.80. The van der Waals surface area contributed by atoms with E-state index >= 15 is 0 Å². The third kappa shape index (κ3) is 6.06. The summed E-state index contributed by atoms with van der Waals surface area (Å²) in [5, 5.41) is 5.85. The van der Waals surface area contributed by atoms with Crippen LogP contribution in [-0.2, 0) is 4.79 Å². The van der Waals surface area contributed by atoms with Crippen molar-refractivity contribution in [3.63, 3.8) is 0 Å². The van der Waals surface area contributed by atoms with Crippen molar-refractivity contribution >= 4 is 29.1 Å². The Bertz CT molecular complexity index is 801. The predicted octanol–water partition coefficient (Wildman–Crippen LogP) is 3.75. The number of hydrogen-bond donors (Lipinski definition) is 2. The van der Waals surface area contributed by atoms with E-state index in [1.807, 2.05) is 24.0 Å². The molecule has 0 aliphatic carbocycles. The van der Waals surface area contributed by atoms with Crippen LogP contribution in [0.1, 0.15) is 49.8 Å². The number of carbonyl (C=O) groups is 2. The van der Waals surface area contributed by atoms with Crippen molar-refractivity contribution in [1.82, 2.24) is 14.9 Å². The topological polar surface area (TPSA) is 87.2 Å². The first-order chi connectivity index (χ1) is 12.9. The van der Waals surface area contributed by atoms with Gasteiger partial charge in [-0.15, -0.1) is 0 Å².